The Bertz CT molecular complexity index is 770. The smallest absolute Gasteiger partial charge is 0.216 e. The number of carbonyl (C=O) groups is 8. The Morgan fingerprint density at radius 2 is 0.517 bits per heavy atom. The molecule has 0 fully saturated rings. The maximum atomic E-state index is 10.1. The van der Waals surface area contributed by atoms with Crippen LogP contribution in [0.25, 0.3) is 0 Å². The molecule has 0 aliphatic carbocycles. The second-order valence-corrected chi connectivity index (χ2v) is 12.9. The van der Waals surface area contributed by atoms with Crippen molar-refractivity contribution < 1.29 is 38.4 Å². The van der Waals surface area contributed by atoms with Gasteiger partial charge in [0.1, 0.15) is 34.7 Å². The second kappa shape index (κ2) is 90.2. The molecular weight excluding hydrogens is 733 g/mol. The van der Waals surface area contributed by atoms with Crippen LogP contribution in [0.2, 0.25) is 0 Å². The van der Waals surface area contributed by atoms with Crippen LogP contribution >= 0.6 is 0 Å². The first-order valence-electron chi connectivity index (χ1n) is 20.2. The second-order valence-electron chi connectivity index (χ2n) is 12.9. The van der Waals surface area contributed by atoms with E-state index in [2.05, 4.69) is 38.3 Å². The molecule has 0 aliphatic heterocycles. The Morgan fingerprint density at radius 3 is 0.534 bits per heavy atom. The molecule has 0 spiro atoms. The largest absolute Gasteiger partial charge is 0.356 e. The maximum Gasteiger partial charge on any atom is 0.216 e. The first-order valence-corrected chi connectivity index (χ1v) is 20.2. The van der Waals surface area contributed by atoms with Gasteiger partial charge in [-0.1, -0.05) is 139 Å². The molecule has 0 aromatic rings. The summed E-state index contributed by atoms with van der Waals surface area (Å²) < 4.78 is 0. The lowest BCUT2D eigenvalue weighted by Gasteiger charge is -1.93. The Balaban J connectivity index is -0.0000000309. The Morgan fingerprint density at radius 1 is 0.362 bits per heavy atom. The molecule has 0 atom stereocenters. The molecule has 0 aromatic heterocycles. The van der Waals surface area contributed by atoms with E-state index in [1.807, 2.05) is 69.2 Å². The number of rotatable bonds is 12. The molecule has 0 unspecified atom stereocenters. The van der Waals surface area contributed by atoms with E-state index in [9.17, 15) is 38.4 Å². The van der Waals surface area contributed by atoms with Crippen molar-refractivity contribution in [2.75, 3.05) is 13.1 Å². The van der Waals surface area contributed by atoms with Crippen LogP contribution in [-0.4, -0.2) is 59.6 Å². The minimum absolute atomic E-state index is 0. The van der Waals surface area contributed by atoms with Crippen LogP contribution in [-0.2, 0) is 38.4 Å². The molecule has 0 saturated heterocycles. The minimum atomic E-state index is 0. The van der Waals surface area contributed by atoms with Gasteiger partial charge >= 0.3 is 0 Å². The van der Waals surface area contributed by atoms with Crippen molar-refractivity contribution in [3.05, 3.63) is 0 Å². The third-order valence-corrected chi connectivity index (χ3v) is 5.07. The van der Waals surface area contributed by atoms with Crippen LogP contribution in [0.3, 0.4) is 0 Å². The van der Waals surface area contributed by atoms with Crippen molar-refractivity contribution in [3.8, 4) is 0 Å². The lowest BCUT2D eigenvalue weighted by atomic mass is 10.1. The molecule has 0 bridgehead atoms. The quantitative estimate of drug-likeness (QED) is 0.196. The van der Waals surface area contributed by atoms with Gasteiger partial charge in [0, 0.05) is 64.5 Å². The predicted octanol–water partition coefficient (Wildman–Crippen LogP) is 13.6. The molecule has 0 aromatic carbocycles. The fourth-order valence-electron chi connectivity index (χ4n) is 1.31. The van der Waals surface area contributed by atoms with Crippen molar-refractivity contribution in [2.45, 2.75) is 246 Å². The summed E-state index contributed by atoms with van der Waals surface area (Å²) in [6.45, 7) is 42.1. The van der Waals surface area contributed by atoms with Gasteiger partial charge in [-0.15, -0.1) is 0 Å². The fraction of sp³-hybridized carbons (Fsp3) is 0.833. The third kappa shape index (κ3) is 271. The fourth-order valence-corrected chi connectivity index (χ4v) is 1.31. The average molecular weight is 843 g/mol. The molecule has 0 aliphatic rings. The molecule has 10 heteroatoms. The van der Waals surface area contributed by atoms with Gasteiger partial charge in [-0.25, -0.2) is 0 Å². The highest BCUT2D eigenvalue weighted by Gasteiger charge is 1.95. The SMILES string of the molecule is C.C.C.C.CC(=O)C(C)C.CC(=O)C(C)C.CCC.CCC.CCC(C)=O.CCC(C)=O.CCCC(C)=O.CCCC(C)=O.CCCNC(C)=O.CCCNC(C)=O. The van der Waals surface area contributed by atoms with Crippen molar-refractivity contribution in [3.63, 3.8) is 0 Å². The van der Waals surface area contributed by atoms with Gasteiger partial charge in [-0.3, -0.25) is 19.2 Å². The van der Waals surface area contributed by atoms with Gasteiger partial charge in [-0.05, 0) is 67.2 Å². The van der Waals surface area contributed by atoms with E-state index in [1.165, 1.54) is 26.7 Å². The molecule has 0 rings (SSSR count). The topological polar surface area (TPSA) is 161 Å². The number of Topliss-reactive ketones (excluding diaryl/α,β-unsaturated/α-hetero) is 6. The summed E-state index contributed by atoms with van der Waals surface area (Å²) in [6, 6.07) is 0. The highest BCUT2D eigenvalue weighted by Crippen LogP contribution is 1.90. The van der Waals surface area contributed by atoms with Crippen molar-refractivity contribution >= 4 is 46.5 Å². The maximum absolute atomic E-state index is 10.1. The van der Waals surface area contributed by atoms with Gasteiger partial charge in [0.2, 0.25) is 11.8 Å². The van der Waals surface area contributed by atoms with E-state index in [0.717, 1.165) is 51.6 Å². The highest BCUT2D eigenvalue weighted by molar-refractivity contribution is 5.78. The van der Waals surface area contributed by atoms with Crippen molar-refractivity contribution in [1.29, 1.82) is 0 Å². The number of hydrogen-bond acceptors (Lipinski definition) is 8. The molecule has 2 amide bonds. The van der Waals surface area contributed by atoms with Gasteiger partial charge in [-0.2, -0.15) is 0 Å². The summed E-state index contributed by atoms with van der Waals surface area (Å²) >= 11 is 0. The Kier molecular flexibility index (Phi) is 148. The summed E-state index contributed by atoms with van der Waals surface area (Å²) in [5.41, 5.74) is 0. The summed E-state index contributed by atoms with van der Waals surface area (Å²) in [6.07, 6.45) is 9.30. The van der Waals surface area contributed by atoms with Crippen LogP contribution in [0, 0.1) is 11.8 Å². The molecule has 58 heavy (non-hydrogen) atoms. The number of nitrogens with one attached hydrogen (secondary N) is 2. The van der Waals surface area contributed by atoms with E-state index >= 15 is 0 Å². The van der Waals surface area contributed by atoms with Gasteiger partial charge < -0.3 is 29.8 Å². The van der Waals surface area contributed by atoms with E-state index < -0.39 is 0 Å². The van der Waals surface area contributed by atoms with E-state index in [4.69, 9.17) is 0 Å². The average Bonchev–Trinajstić information content (AvgIpc) is 3.05. The zero-order chi connectivity index (χ0) is 45.7. The monoisotopic (exact) mass is 843 g/mol. The molecular formula is C48H110N2O8. The molecule has 0 heterocycles. The van der Waals surface area contributed by atoms with E-state index in [0.29, 0.717) is 12.8 Å². The van der Waals surface area contributed by atoms with Crippen LogP contribution in [0.1, 0.15) is 246 Å². The van der Waals surface area contributed by atoms with Crippen molar-refractivity contribution in [1.82, 2.24) is 10.6 Å². The van der Waals surface area contributed by atoms with Gasteiger partial charge in [0.05, 0.1) is 0 Å². The summed E-state index contributed by atoms with van der Waals surface area (Å²) in [7, 11) is 0. The lowest BCUT2D eigenvalue weighted by Crippen LogP contribution is -2.19. The zero-order valence-electron chi connectivity index (χ0n) is 39.9. The third-order valence-electron chi connectivity index (χ3n) is 5.07. The Labute approximate surface area is 365 Å². The normalized spacial score (nSPS) is 7.59. The lowest BCUT2D eigenvalue weighted by molar-refractivity contribution is -0.120. The zero-order valence-corrected chi connectivity index (χ0v) is 39.9. The van der Waals surface area contributed by atoms with Crippen LogP contribution in [0.5, 0.6) is 0 Å². The number of hydrogen-bond donors (Lipinski definition) is 2. The molecule has 0 radical (unpaired) electrons. The first kappa shape index (κ1) is 95.4. The van der Waals surface area contributed by atoms with Crippen molar-refractivity contribution in [2.24, 2.45) is 11.8 Å². The van der Waals surface area contributed by atoms with Crippen LogP contribution in [0.15, 0.2) is 0 Å². The molecule has 2 N–H and O–H groups in total. The Hall–Kier alpha value is -3.04. The molecule has 0 saturated carbocycles. The summed E-state index contributed by atoms with van der Waals surface area (Å²) in [5, 5.41) is 5.31. The number of ketones is 6. The van der Waals surface area contributed by atoms with E-state index in [1.54, 1.807) is 41.5 Å². The predicted molar refractivity (Wildman–Crippen MR) is 261 cm³/mol. The molecule has 10 nitrogen and oxygen atoms in total. The summed E-state index contributed by atoms with van der Waals surface area (Å²) in [5.74, 6) is 2.15. The number of amides is 2. The minimum Gasteiger partial charge on any atom is -0.356 e. The molecule has 360 valence electrons. The van der Waals surface area contributed by atoms with Crippen LogP contribution in [0.4, 0.5) is 0 Å². The van der Waals surface area contributed by atoms with E-state index in [-0.39, 0.29) is 88.1 Å². The van der Waals surface area contributed by atoms with Gasteiger partial charge in [0.25, 0.3) is 0 Å². The number of carbonyl (C=O) groups excluding carboxylic acids is 8. The first-order chi connectivity index (χ1) is 24.7. The van der Waals surface area contributed by atoms with Crippen LogP contribution < -0.4 is 10.6 Å². The summed E-state index contributed by atoms with van der Waals surface area (Å²) in [4.78, 5) is 80.2. The van der Waals surface area contributed by atoms with Gasteiger partial charge in [0.15, 0.2) is 0 Å². The standard InChI is InChI=1S/2C5H11NO.4C5H10O.2C4H8O.2C3H8.4CH4/c2*1-3-4-6-5(2)7;2*1-4(2)5(3)6;2*1-3-4-5(2)6;2*1-3-4(2)5;2*1-3-2;;;;/h2*3-4H2,1-2H3,(H,6,7);2*4H,1-3H3;2*3-4H2,1-2H3;2*3H2,1-2H3;2*3H2,1-2H3;4*1H4. The highest BCUT2D eigenvalue weighted by atomic mass is 16.2.